The van der Waals surface area contributed by atoms with E-state index >= 15 is 0 Å². The van der Waals surface area contributed by atoms with Crippen LogP contribution in [-0.2, 0) is 27.1 Å². The fraction of sp³-hybridized carbons (Fsp3) is 0.571. The maximum Gasteiger partial charge on any atom is 0.410 e. The topological polar surface area (TPSA) is 135 Å². The summed E-state index contributed by atoms with van der Waals surface area (Å²) in [6.07, 6.45) is 1.76. The molecule has 0 saturated carbocycles. The molecule has 0 spiro atoms. The number of para-hydroxylation sites is 1. The molecule has 6 rings (SSSR count). The van der Waals surface area contributed by atoms with Crippen molar-refractivity contribution in [2.75, 3.05) is 64.3 Å². The quantitative estimate of drug-likeness (QED) is 0.358. The lowest BCUT2D eigenvalue weighted by molar-refractivity contribution is -0.914. The molecule has 2 N–H and O–H groups in total. The summed E-state index contributed by atoms with van der Waals surface area (Å²) in [5.41, 5.74) is 4.13. The van der Waals surface area contributed by atoms with Gasteiger partial charge in [0.15, 0.2) is 6.10 Å². The van der Waals surface area contributed by atoms with E-state index in [1.54, 1.807) is 23.6 Å². The molecule has 0 unspecified atom stereocenters. The largest absolute Gasteiger partial charge is 0.632 e. The number of hydrogen-bond acceptors (Lipinski definition) is 7. The minimum Gasteiger partial charge on any atom is -0.632 e. The maximum atomic E-state index is 14.0. The standard InChI is InChI=1S/C35H47N5O7/c1-24-21-26(22-25(2)32(24)41)23-31(33(42)37-14-10-29(11-15-37)40(45)17-19-46-20-18-40)47-35(44)38-12-8-28(9-13-38)39-16-7-27-5-3-4-6-30(27)36-34(39)43/h3-6,21-22,28-29,31,41H,7-20,23H2,1-2H3,(H,36,43)/t31-/m1/s1. The summed E-state index contributed by atoms with van der Waals surface area (Å²) >= 11 is 0. The molecule has 12 nitrogen and oxygen atoms in total. The van der Waals surface area contributed by atoms with Crippen molar-refractivity contribution in [3.63, 3.8) is 0 Å². The number of ether oxygens (including phenoxy) is 2. The number of nitrogens with zero attached hydrogens (tertiary/aromatic N) is 4. The lowest BCUT2D eigenvalue weighted by Crippen LogP contribution is -2.60. The summed E-state index contributed by atoms with van der Waals surface area (Å²) in [6.45, 7) is 7.70. The number of phenolic OH excluding ortho intramolecular Hbond substituents is 1. The van der Waals surface area contributed by atoms with Gasteiger partial charge in [0.1, 0.15) is 18.8 Å². The molecule has 0 aromatic heterocycles. The normalized spacial score (nSPS) is 21.4. The third-order valence-corrected chi connectivity index (χ3v) is 10.5. The first-order valence-corrected chi connectivity index (χ1v) is 17.0. The Morgan fingerprint density at radius 2 is 1.64 bits per heavy atom. The number of piperidine rings is 2. The zero-order chi connectivity index (χ0) is 33.1. The van der Waals surface area contributed by atoms with E-state index in [2.05, 4.69) is 5.32 Å². The van der Waals surface area contributed by atoms with E-state index in [9.17, 15) is 24.7 Å². The van der Waals surface area contributed by atoms with E-state index in [-0.39, 0.29) is 40.8 Å². The van der Waals surface area contributed by atoms with Gasteiger partial charge in [-0.3, -0.25) is 4.79 Å². The van der Waals surface area contributed by atoms with E-state index in [4.69, 9.17) is 9.47 Å². The van der Waals surface area contributed by atoms with Crippen LogP contribution in [-0.4, -0.2) is 120 Å². The summed E-state index contributed by atoms with van der Waals surface area (Å²) in [7, 11) is 0. The number of likely N-dealkylation sites (tertiary alicyclic amines) is 2. The molecule has 3 fully saturated rings. The van der Waals surface area contributed by atoms with Gasteiger partial charge in [0.2, 0.25) is 0 Å². The Kier molecular flexibility index (Phi) is 9.90. The van der Waals surface area contributed by atoms with Crippen molar-refractivity contribution < 1.29 is 33.6 Å². The highest BCUT2D eigenvalue weighted by atomic mass is 16.6. The summed E-state index contributed by atoms with van der Waals surface area (Å²) in [4.78, 5) is 45.8. The number of rotatable bonds is 6. The van der Waals surface area contributed by atoms with Crippen LogP contribution in [0.5, 0.6) is 5.75 Å². The number of carbonyl (C=O) groups excluding carboxylic acids is 3. The Morgan fingerprint density at radius 1 is 1.00 bits per heavy atom. The van der Waals surface area contributed by atoms with Gasteiger partial charge >= 0.3 is 12.1 Å². The minimum atomic E-state index is -1.05. The fourth-order valence-corrected chi connectivity index (χ4v) is 7.63. The summed E-state index contributed by atoms with van der Waals surface area (Å²) in [5.74, 6) is -0.0615. The van der Waals surface area contributed by atoms with Crippen LogP contribution in [0.4, 0.5) is 15.3 Å². The molecule has 47 heavy (non-hydrogen) atoms. The van der Waals surface area contributed by atoms with Gasteiger partial charge < -0.3 is 44.5 Å². The molecule has 0 bridgehead atoms. The fourth-order valence-electron chi connectivity index (χ4n) is 7.63. The SMILES string of the molecule is Cc1cc(C[C@@H](OC(=O)N2CCC(N3CCc4ccccc4NC3=O)CC2)C(=O)N2CCC([N+]3([O-])CCOCC3)CC2)cc(C)c1O. The molecule has 2 aromatic rings. The van der Waals surface area contributed by atoms with E-state index in [1.165, 1.54) is 0 Å². The Labute approximate surface area is 276 Å². The Hall–Kier alpha value is -3.87. The number of aryl methyl sites for hydroxylation is 2. The third-order valence-electron chi connectivity index (χ3n) is 10.5. The Bertz CT molecular complexity index is 1440. The molecular weight excluding hydrogens is 602 g/mol. The first-order valence-electron chi connectivity index (χ1n) is 17.0. The molecule has 4 amide bonds. The predicted octanol–water partition coefficient (Wildman–Crippen LogP) is 3.95. The monoisotopic (exact) mass is 649 g/mol. The van der Waals surface area contributed by atoms with Gasteiger partial charge in [0, 0.05) is 63.7 Å². The second-order valence-electron chi connectivity index (χ2n) is 13.5. The highest BCUT2D eigenvalue weighted by Crippen LogP contribution is 2.29. The number of hydrogen-bond donors (Lipinski definition) is 2. The number of anilines is 1. The van der Waals surface area contributed by atoms with Crippen molar-refractivity contribution >= 4 is 23.7 Å². The molecule has 12 heteroatoms. The molecule has 254 valence electrons. The molecule has 4 aliphatic rings. The molecule has 3 saturated heterocycles. The zero-order valence-electron chi connectivity index (χ0n) is 27.5. The average molecular weight is 650 g/mol. The van der Waals surface area contributed by atoms with Crippen LogP contribution < -0.4 is 5.32 Å². The van der Waals surface area contributed by atoms with Gasteiger partial charge in [-0.15, -0.1) is 0 Å². The predicted molar refractivity (Wildman–Crippen MR) is 176 cm³/mol. The summed E-state index contributed by atoms with van der Waals surface area (Å²) in [6, 6.07) is 11.3. The van der Waals surface area contributed by atoms with Crippen LogP contribution in [0.2, 0.25) is 0 Å². The van der Waals surface area contributed by atoms with E-state index in [1.807, 2.05) is 41.3 Å². The number of fused-ring (bicyclic) bond motifs is 1. The highest BCUT2D eigenvalue weighted by molar-refractivity contribution is 5.91. The van der Waals surface area contributed by atoms with Crippen molar-refractivity contribution in [1.29, 1.82) is 0 Å². The number of quaternary nitrogens is 1. The molecule has 4 aliphatic heterocycles. The van der Waals surface area contributed by atoms with Crippen molar-refractivity contribution in [2.45, 2.75) is 70.6 Å². The minimum absolute atomic E-state index is 0.00605. The van der Waals surface area contributed by atoms with Crippen molar-refractivity contribution in [3.8, 4) is 5.75 Å². The first-order chi connectivity index (χ1) is 22.6. The van der Waals surface area contributed by atoms with Crippen LogP contribution in [0.15, 0.2) is 36.4 Å². The van der Waals surface area contributed by atoms with E-state index in [0.717, 1.165) is 23.2 Å². The molecule has 4 heterocycles. The van der Waals surface area contributed by atoms with E-state index < -0.39 is 12.2 Å². The van der Waals surface area contributed by atoms with Crippen LogP contribution in [0.3, 0.4) is 0 Å². The number of nitrogens with one attached hydrogen (secondary N) is 1. The van der Waals surface area contributed by atoms with Crippen LogP contribution >= 0.6 is 0 Å². The smallest absolute Gasteiger partial charge is 0.410 e. The Balaban J connectivity index is 1.09. The molecular formula is C35H47N5O7. The van der Waals surface area contributed by atoms with Gasteiger partial charge in [-0.2, -0.15) is 0 Å². The van der Waals surface area contributed by atoms with Gasteiger partial charge in [-0.1, -0.05) is 30.3 Å². The lowest BCUT2D eigenvalue weighted by atomic mass is 9.98. The van der Waals surface area contributed by atoms with Crippen molar-refractivity contribution in [2.24, 2.45) is 0 Å². The number of aromatic hydroxyl groups is 1. The van der Waals surface area contributed by atoms with Crippen molar-refractivity contribution in [3.05, 3.63) is 63.9 Å². The number of benzene rings is 2. The first kappa shape index (κ1) is 33.0. The summed E-state index contributed by atoms with van der Waals surface area (Å²) < 4.78 is 11.1. The second kappa shape index (κ2) is 14.1. The van der Waals surface area contributed by atoms with Gasteiger partial charge in [-0.05, 0) is 61.4 Å². The third kappa shape index (κ3) is 7.34. The Morgan fingerprint density at radius 3 is 2.32 bits per heavy atom. The van der Waals surface area contributed by atoms with Gasteiger partial charge in [0.25, 0.3) is 5.91 Å². The van der Waals surface area contributed by atoms with E-state index in [0.29, 0.717) is 95.8 Å². The summed E-state index contributed by atoms with van der Waals surface area (Å²) in [5, 5.41) is 26.7. The number of hydroxylamine groups is 3. The maximum absolute atomic E-state index is 14.0. The highest BCUT2D eigenvalue weighted by Gasteiger charge is 2.39. The molecule has 2 aromatic carbocycles. The van der Waals surface area contributed by atoms with Crippen LogP contribution in [0, 0.1) is 19.1 Å². The molecule has 0 radical (unpaired) electrons. The van der Waals surface area contributed by atoms with Crippen molar-refractivity contribution in [1.82, 2.24) is 14.7 Å². The zero-order valence-corrected chi connectivity index (χ0v) is 27.5. The number of morpholine rings is 1. The number of carbonyl (C=O) groups is 3. The number of amides is 4. The molecule has 0 aliphatic carbocycles. The van der Waals surface area contributed by atoms with Crippen LogP contribution in [0.25, 0.3) is 0 Å². The number of urea groups is 1. The average Bonchev–Trinajstić information content (AvgIpc) is 3.25. The second-order valence-corrected chi connectivity index (χ2v) is 13.5. The number of phenols is 1. The lowest BCUT2D eigenvalue weighted by Gasteiger charge is -2.52. The van der Waals surface area contributed by atoms with Gasteiger partial charge in [-0.25, -0.2) is 9.59 Å². The van der Waals surface area contributed by atoms with Gasteiger partial charge in [0.05, 0.1) is 19.3 Å². The molecule has 1 atom stereocenters. The van der Waals surface area contributed by atoms with Crippen LogP contribution in [0.1, 0.15) is 47.9 Å².